The number of nitrogens with two attached hydrogens (primary N) is 1. The molecule has 0 aliphatic heterocycles. The van der Waals surface area contributed by atoms with Gasteiger partial charge in [-0.2, -0.15) is 0 Å². The molecular weight excluding hydrogens is 339 g/mol. The van der Waals surface area contributed by atoms with Gasteiger partial charge in [0.05, 0.1) is 0 Å². The van der Waals surface area contributed by atoms with Gasteiger partial charge >= 0.3 is 0 Å². The smallest absolute Gasteiger partial charge is 0.126 e. The van der Waals surface area contributed by atoms with Crippen LogP contribution in [-0.4, -0.2) is 4.98 Å². The molecule has 2 N–H and O–H groups in total. The normalized spacial score (nSPS) is 10.7. The van der Waals surface area contributed by atoms with Gasteiger partial charge in [0, 0.05) is 15.6 Å². The Morgan fingerprint density at radius 1 is 1.10 bits per heavy atom. The van der Waals surface area contributed by atoms with Crippen LogP contribution >= 0.6 is 27.3 Å². The lowest BCUT2D eigenvalue weighted by Gasteiger charge is -2.02. The lowest BCUT2D eigenvalue weighted by Crippen LogP contribution is -1.88. The van der Waals surface area contributed by atoms with Gasteiger partial charge in [-0.3, -0.25) is 0 Å². The highest BCUT2D eigenvalue weighted by atomic mass is 79.9. The molecule has 0 aliphatic carbocycles. The maximum absolute atomic E-state index is 13.2. The largest absolute Gasteiger partial charge is 0.389 e. The molecule has 0 fully saturated rings. The van der Waals surface area contributed by atoms with Gasteiger partial charge in [-0.15, -0.1) is 0 Å². The van der Waals surface area contributed by atoms with Crippen molar-refractivity contribution in [3.05, 3.63) is 58.8 Å². The van der Waals surface area contributed by atoms with Crippen LogP contribution in [0.5, 0.6) is 0 Å². The van der Waals surface area contributed by atoms with Crippen LogP contribution in [0, 0.1) is 5.82 Å². The van der Waals surface area contributed by atoms with Gasteiger partial charge in [-0.25, -0.2) is 9.37 Å². The van der Waals surface area contributed by atoms with Gasteiger partial charge in [-0.1, -0.05) is 41.7 Å². The summed E-state index contributed by atoms with van der Waals surface area (Å²) >= 11 is 4.78. The van der Waals surface area contributed by atoms with E-state index in [0.29, 0.717) is 15.2 Å². The predicted octanol–water partition coefficient (Wildman–Crippen LogP) is 4.96. The molecule has 2 aromatic carbocycles. The number of hydrogen-bond donors (Lipinski definition) is 1. The Morgan fingerprint density at radius 2 is 1.85 bits per heavy atom. The van der Waals surface area contributed by atoms with Gasteiger partial charge in [-0.05, 0) is 34.1 Å². The number of halogens is 2. The summed E-state index contributed by atoms with van der Waals surface area (Å²) in [6, 6.07) is 14.3. The number of hydrogen-bond acceptors (Lipinski definition) is 3. The van der Waals surface area contributed by atoms with E-state index in [2.05, 4.69) is 20.9 Å². The third-order valence-corrected chi connectivity index (χ3v) is 4.45. The molecular formula is C15H10BrFN2S. The lowest BCUT2D eigenvalue weighted by molar-refractivity contribution is 0.627. The predicted molar refractivity (Wildman–Crippen MR) is 85.1 cm³/mol. The van der Waals surface area contributed by atoms with Crippen LogP contribution in [-0.2, 0) is 0 Å². The molecule has 0 saturated heterocycles. The molecule has 1 heterocycles. The van der Waals surface area contributed by atoms with E-state index < -0.39 is 0 Å². The van der Waals surface area contributed by atoms with Gasteiger partial charge in [0.1, 0.15) is 21.5 Å². The minimum Gasteiger partial charge on any atom is -0.389 e. The molecule has 0 saturated carbocycles. The maximum Gasteiger partial charge on any atom is 0.126 e. The zero-order valence-corrected chi connectivity index (χ0v) is 12.7. The summed E-state index contributed by atoms with van der Waals surface area (Å²) in [5.41, 5.74) is 8.56. The summed E-state index contributed by atoms with van der Waals surface area (Å²) in [7, 11) is 0. The Kier molecular flexibility index (Phi) is 3.54. The molecule has 0 unspecified atom stereocenters. The van der Waals surface area contributed by atoms with E-state index in [0.717, 1.165) is 16.1 Å². The Morgan fingerprint density at radius 3 is 2.55 bits per heavy atom. The quantitative estimate of drug-likeness (QED) is 0.710. The van der Waals surface area contributed by atoms with Crippen LogP contribution < -0.4 is 5.73 Å². The number of thiazole rings is 1. The van der Waals surface area contributed by atoms with Crippen LogP contribution in [0.1, 0.15) is 0 Å². The summed E-state index contributed by atoms with van der Waals surface area (Å²) in [5.74, 6) is -0.294. The summed E-state index contributed by atoms with van der Waals surface area (Å²) in [6.07, 6.45) is 0. The number of rotatable bonds is 2. The number of nitrogens with zero attached hydrogens (tertiary/aromatic N) is 1. The number of anilines is 1. The molecule has 0 amide bonds. The second-order valence-electron chi connectivity index (χ2n) is 4.22. The molecule has 3 rings (SSSR count). The van der Waals surface area contributed by atoms with Crippen molar-refractivity contribution in [1.82, 2.24) is 4.98 Å². The van der Waals surface area contributed by atoms with Crippen molar-refractivity contribution < 1.29 is 4.39 Å². The van der Waals surface area contributed by atoms with Gasteiger partial charge in [0.25, 0.3) is 0 Å². The van der Waals surface area contributed by atoms with E-state index in [9.17, 15) is 4.39 Å². The highest BCUT2D eigenvalue weighted by molar-refractivity contribution is 9.10. The second kappa shape index (κ2) is 5.34. The van der Waals surface area contributed by atoms with E-state index in [1.54, 1.807) is 6.07 Å². The minimum atomic E-state index is -0.294. The Balaban J connectivity index is 2.10. The van der Waals surface area contributed by atoms with Crippen molar-refractivity contribution in [2.24, 2.45) is 0 Å². The van der Waals surface area contributed by atoms with Crippen molar-refractivity contribution in [3.63, 3.8) is 0 Å². The molecule has 5 heteroatoms. The molecule has 100 valence electrons. The summed E-state index contributed by atoms with van der Waals surface area (Å²) in [6.45, 7) is 0. The monoisotopic (exact) mass is 348 g/mol. The molecule has 0 radical (unpaired) electrons. The highest BCUT2D eigenvalue weighted by Crippen LogP contribution is 2.38. The average molecular weight is 349 g/mol. The van der Waals surface area contributed by atoms with E-state index in [1.807, 2.05) is 30.3 Å². The van der Waals surface area contributed by atoms with Gasteiger partial charge in [0.15, 0.2) is 0 Å². The van der Waals surface area contributed by atoms with Gasteiger partial charge in [0.2, 0.25) is 0 Å². The topological polar surface area (TPSA) is 38.9 Å². The first-order valence-corrected chi connectivity index (χ1v) is 7.53. The van der Waals surface area contributed by atoms with Crippen LogP contribution in [0.25, 0.3) is 21.8 Å². The van der Waals surface area contributed by atoms with Crippen molar-refractivity contribution in [2.75, 3.05) is 5.73 Å². The Labute approximate surface area is 128 Å². The third kappa shape index (κ3) is 2.46. The Hall–Kier alpha value is -1.72. The van der Waals surface area contributed by atoms with Crippen molar-refractivity contribution in [2.45, 2.75) is 0 Å². The summed E-state index contributed by atoms with van der Waals surface area (Å²) < 4.78 is 13.8. The number of benzene rings is 2. The molecule has 3 aromatic rings. The third-order valence-electron chi connectivity index (χ3n) is 2.86. The zero-order valence-electron chi connectivity index (χ0n) is 10.3. The van der Waals surface area contributed by atoms with Crippen LogP contribution in [0.4, 0.5) is 9.39 Å². The summed E-state index contributed by atoms with van der Waals surface area (Å²) in [5, 5.41) is 1.48. The molecule has 0 bridgehead atoms. The highest BCUT2D eigenvalue weighted by Gasteiger charge is 2.14. The number of aromatic nitrogens is 1. The second-order valence-corrected chi connectivity index (χ2v) is 6.11. The first-order chi connectivity index (χ1) is 9.65. The van der Waals surface area contributed by atoms with Crippen molar-refractivity contribution in [3.8, 4) is 21.8 Å². The van der Waals surface area contributed by atoms with E-state index in [1.165, 1.54) is 23.5 Å². The molecule has 20 heavy (non-hydrogen) atoms. The first kappa shape index (κ1) is 13.3. The fourth-order valence-electron chi connectivity index (χ4n) is 1.91. The van der Waals surface area contributed by atoms with E-state index >= 15 is 0 Å². The fraction of sp³-hybridized carbons (Fsp3) is 0. The molecule has 0 aliphatic rings. The standard InChI is InChI=1S/C15H10BrFN2S/c16-12-8-10(17)6-7-11(12)13-14(18)20-15(19-13)9-4-2-1-3-5-9/h1-8H,18H2. The van der Waals surface area contributed by atoms with E-state index in [-0.39, 0.29) is 5.82 Å². The average Bonchev–Trinajstić information content (AvgIpc) is 2.82. The fourth-order valence-corrected chi connectivity index (χ4v) is 3.30. The van der Waals surface area contributed by atoms with Crippen LogP contribution in [0.3, 0.4) is 0 Å². The lowest BCUT2D eigenvalue weighted by atomic mass is 10.1. The SMILES string of the molecule is Nc1sc(-c2ccccc2)nc1-c1ccc(F)cc1Br. The molecule has 0 spiro atoms. The molecule has 1 aromatic heterocycles. The molecule has 2 nitrogen and oxygen atoms in total. The molecule has 0 atom stereocenters. The maximum atomic E-state index is 13.2. The van der Waals surface area contributed by atoms with Crippen LogP contribution in [0.2, 0.25) is 0 Å². The first-order valence-electron chi connectivity index (χ1n) is 5.92. The Bertz CT molecular complexity index is 756. The number of nitrogen functional groups attached to an aromatic ring is 1. The van der Waals surface area contributed by atoms with Crippen molar-refractivity contribution in [1.29, 1.82) is 0 Å². The van der Waals surface area contributed by atoms with Gasteiger partial charge < -0.3 is 5.73 Å². The van der Waals surface area contributed by atoms with E-state index in [4.69, 9.17) is 5.73 Å². The zero-order chi connectivity index (χ0) is 14.1. The summed E-state index contributed by atoms with van der Waals surface area (Å²) in [4.78, 5) is 4.58. The van der Waals surface area contributed by atoms with Crippen molar-refractivity contribution >= 4 is 32.3 Å². The van der Waals surface area contributed by atoms with Crippen LogP contribution in [0.15, 0.2) is 53.0 Å². The minimum absolute atomic E-state index is 0.294.